The van der Waals surface area contributed by atoms with E-state index < -0.39 is 12.1 Å². The van der Waals surface area contributed by atoms with Crippen molar-refractivity contribution in [3.63, 3.8) is 0 Å². The molecule has 3 aliphatic rings. The number of carboxylic acid groups (broad SMARTS) is 1. The number of fused-ring (bicyclic) bond motifs is 1. The fourth-order valence-corrected chi connectivity index (χ4v) is 4.00. The van der Waals surface area contributed by atoms with E-state index in [0.717, 1.165) is 25.7 Å². The van der Waals surface area contributed by atoms with Crippen LogP contribution < -0.4 is 5.32 Å². The van der Waals surface area contributed by atoms with Crippen molar-refractivity contribution in [1.29, 1.82) is 0 Å². The first-order valence-corrected chi connectivity index (χ1v) is 9.58. The molecule has 1 saturated carbocycles. The number of nitrogens with one attached hydrogen (secondary N) is 1. The Hall–Kier alpha value is -2.14. The third-order valence-corrected chi connectivity index (χ3v) is 5.88. The molecule has 0 unspecified atom stereocenters. The van der Waals surface area contributed by atoms with Crippen molar-refractivity contribution in [1.82, 2.24) is 20.0 Å². The van der Waals surface area contributed by atoms with Gasteiger partial charge in [0.1, 0.15) is 5.69 Å². The van der Waals surface area contributed by atoms with Gasteiger partial charge in [0.2, 0.25) is 0 Å². The van der Waals surface area contributed by atoms with E-state index in [1.165, 1.54) is 19.3 Å². The maximum absolute atomic E-state index is 12.2. The number of halogens is 3. The van der Waals surface area contributed by atoms with Crippen LogP contribution in [0.3, 0.4) is 0 Å². The number of hydrogen-bond donors (Lipinski definition) is 2. The van der Waals surface area contributed by atoms with Crippen LogP contribution in [0.4, 0.5) is 13.2 Å². The Morgan fingerprint density at radius 2 is 2.03 bits per heavy atom. The highest BCUT2D eigenvalue weighted by Crippen LogP contribution is 2.37. The highest BCUT2D eigenvalue weighted by Gasteiger charge is 2.46. The highest BCUT2D eigenvalue weighted by atomic mass is 19.4. The smallest absolute Gasteiger partial charge is 0.475 e. The van der Waals surface area contributed by atoms with Gasteiger partial charge in [0.05, 0.1) is 12.7 Å². The Bertz CT molecular complexity index is 735. The maximum atomic E-state index is 12.2. The number of alkyl halides is 3. The van der Waals surface area contributed by atoms with Crippen LogP contribution >= 0.6 is 0 Å². The summed E-state index contributed by atoms with van der Waals surface area (Å²) in [6.07, 6.45) is 1.01. The molecule has 4 rings (SSSR count). The summed E-state index contributed by atoms with van der Waals surface area (Å²) in [5.41, 5.74) is 0.609. The minimum atomic E-state index is -5.08. The summed E-state index contributed by atoms with van der Waals surface area (Å²) in [5.74, 6) is -1.79. The lowest BCUT2D eigenvalue weighted by atomic mass is 9.91. The van der Waals surface area contributed by atoms with Gasteiger partial charge in [-0.3, -0.25) is 14.4 Å². The number of aromatic nitrogens is 2. The minimum Gasteiger partial charge on any atom is -0.475 e. The van der Waals surface area contributed by atoms with E-state index in [9.17, 15) is 18.0 Å². The predicted octanol–water partition coefficient (Wildman–Crippen LogP) is 1.28. The second-order valence-corrected chi connectivity index (χ2v) is 7.69. The monoisotopic (exact) mass is 418 g/mol. The highest BCUT2D eigenvalue weighted by molar-refractivity contribution is 5.92. The summed E-state index contributed by atoms with van der Waals surface area (Å²) in [6, 6.07) is 2.54. The van der Waals surface area contributed by atoms with Crippen molar-refractivity contribution < 1.29 is 32.6 Å². The van der Waals surface area contributed by atoms with Gasteiger partial charge in [-0.2, -0.15) is 18.3 Å². The van der Waals surface area contributed by atoms with Crippen molar-refractivity contribution in [2.45, 2.75) is 37.6 Å². The molecule has 2 saturated heterocycles. The van der Waals surface area contributed by atoms with Crippen molar-refractivity contribution in [3.8, 4) is 0 Å². The van der Waals surface area contributed by atoms with Gasteiger partial charge in [-0.05, 0) is 18.9 Å². The molecule has 3 heterocycles. The Labute approximate surface area is 166 Å². The Morgan fingerprint density at radius 3 is 2.55 bits per heavy atom. The van der Waals surface area contributed by atoms with Crippen LogP contribution in [0.1, 0.15) is 29.8 Å². The van der Waals surface area contributed by atoms with Crippen LogP contribution in [-0.2, 0) is 16.6 Å². The van der Waals surface area contributed by atoms with Gasteiger partial charge in [-0.15, -0.1) is 0 Å². The maximum Gasteiger partial charge on any atom is 0.490 e. The molecular weight excluding hydrogens is 393 g/mol. The summed E-state index contributed by atoms with van der Waals surface area (Å²) in [6.45, 7) is 3.70. The molecule has 8 nitrogen and oxygen atoms in total. The average molecular weight is 418 g/mol. The van der Waals surface area contributed by atoms with Crippen molar-refractivity contribution in [3.05, 3.63) is 18.0 Å². The molecule has 29 heavy (non-hydrogen) atoms. The van der Waals surface area contributed by atoms with Crippen molar-refractivity contribution >= 4 is 11.9 Å². The first kappa shape index (κ1) is 21.6. The molecule has 3 atom stereocenters. The first-order valence-electron chi connectivity index (χ1n) is 9.58. The third kappa shape index (κ3) is 5.08. The Kier molecular flexibility index (Phi) is 6.47. The average Bonchev–Trinajstić information content (AvgIpc) is 3.27. The van der Waals surface area contributed by atoms with E-state index in [2.05, 4.69) is 15.3 Å². The van der Waals surface area contributed by atoms with E-state index in [-0.39, 0.29) is 5.91 Å². The number of likely N-dealkylation sites (tertiary alicyclic amines) is 1. The number of carbonyl (C=O) groups is 2. The molecule has 11 heteroatoms. The zero-order chi connectivity index (χ0) is 21.2. The summed E-state index contributed by atoms with van der Waals surface area (Å²) in [4.78, 5) is 23.7. The summed E-state index contributed by atoms with van der Waals surface area (Å²) in [7, 11) is 1.79. The van der Waals surface area contributed by atoms with Crippen LogP contribution in [0.5, 0.6) is 0 Å². The number of aryl methyl sites for hydroxylation is 1. The van der Waals surface area contributed by atoms with Gasteiger partial charge < -0.3 is 15.2 Å². The summed E-state index contributed by atoms with van der Waals surface area (Å²) < 4.78 is 39.3. The van der Waals surface area contributed by atoms with Gasteiger partial charge in [0.15, 0.2) is 0 Å². The van der Waals surface area contributed by atoms with E-state index in [4.69, 9.17) is 14.6 Å². The van der Waals surface area contributed by atoms with Crippen LogP contribution in [0.2, 0.25) is 0 Å². The molecule has 1 aliphatic carbocycles. The van der Waals surface area contributed by atoms with Gasteiger partial charge in [-0.1, -0.05) is 6.42 Å². The fraction of sp³-hybridized carbons (Fsp3) is 0.722. The first-order chi connectivity index (χ1) is 13.7. The number of aliphatic carboxylic acids is 1. The Balaban J connectivity index is 0.000000298. The van der Waals surface area contributed by atoms with Crippen molar-refractivity contribution in [2.24, 2.45) is 18.9 Å². The molecule has 0 radical (unpaired) electrons. The zero-order valence-electron chi connectivity index (χ0n) is 16.1. The number of carbonyl (C=O) groups excluding carboxylic acids is 1. The molecule has 0 spiro atoms. The van der Waals surface area contributed by atoms with E-state index in [1.54, 1.807) is 24.0 Å². The van der Waals surface area contributed by atoms with Gasteiger partial charge in [-0.25, -0.2) is 4.79 Å². The second-order valence-electron chi connectivity index (χ2n) is 7.69. The number of amides is 1. The molecule has 2 aliphatic heterocycles. The zero-order valence-corrected chi connectivity index (χ0v) is 16.1. The lowest BCUT2D eigenvalue weighted by Gasteiger charge is -2.35. The summed E-state index contributed by atoms with van der Waals surface area (Å²) >= 11 is 0. The largest absolute Gasteiger partial charge is 0.490 e. The second kappa shape index (κ2) is 8.70. The standard InChI is InChI=1S/C16H24N4O2.C2HF3O2/c1-19-14(5-6-18-19)16(21)17-7-11-10-22-15-9-20(8-13(11)15)12-3-2-4-12;3-2(4,5)1(6)7/h5-6,11-13,15H,2-4,7-10H2,1H3,(H,17,21);(H,6,7)/t11-,13+,15+;/m0./s1. The molecule has 1 amide bonds. The molecule has 0 aromatic carbocycles. The molecule has 1 aromatic rings. The summed E-state index contributed by atoms with van der Waals surface area (Å²) in [5, 5.41) is 14.2. The molecular formula is C18H25F3N4O4. The molecule has 3 fully saturated rings. The van der Waals surface area contributed by atoms with Gasteiger partial charge >= 0.3 is 12.1 Å². The van der Waals surface area contributed by atoms with E-state index >= 15 is 0 Å². The lowest BCUT2D eigenvalue weighted by Crippen LogP contribution is -2.40. The molecule has 0 bridgehead atoms. The predicted molar refractivity (Wildman–Crippen MR) is 95.2 cm³/mol. The number of carboxylic acids is 1. The lowest BCUT2D eigenvalue weighted by molar-refractivity contribution is -0.192. The van der Waals surface area contributed by atoms with E-state index in [0.29, 0.717) is 30.2 Å². The normalized spacial score (nSPS) is 27.0. The van der Waals surface area contributed by atoms with E-state index in [1.807, 2.05) is 0 Å². The minimum absolute atomic E-state index is 0.0442. The Morgan fingerprint density at radius 1 is 1.34 bits per heavy atom. The van der Waals surface area contributed by atoms with Crippen LogP contribution in [0.25, 0.3) is 0 Å². The van der Waals surface area contributed by atoms with Crippen LogP contribution in [-0.4, -0.2) is 76.2 Å². The van der Waals surface area contributed by atoms with Gasteiger partial charge in [0.25, 0.3) is 5.91 Å². The number of nitrogens with zero attached hydrogens (tertiary/aromatic N) is 3. The molecule has 2 N–H and O–H groups in total. The molecule has 1 aromatic heterocycles. The topological polar surface area (TPSA) is 96.7 Å². The van der Waals surface area contributed by atoms with Crippen LogP contribution in [0, 0.1) is 11.8 Å². The SMILES string of the molecule is Cn1nccc1C(=O)NC[C@H]1CO[C@@H]2CN(C3CCC3)C[C@H]12.O=C(O)C(F)(F)F. The fourth-order valence-electron chi connectivity index (χ4n) is 4.00. The molecule has 162 valence electrons. The number of ether oxygens (including phenoxy) is 1. The van der Waals surface area contributed by atoms with Crippen LogP contribution in [0.15, 0.2) is 12.3 Å². The quantitative estimate of drug-likeness (QED) is 0.765. The number of hydrogen-bond acceptors (Lipinski definition) is 5. The number of rotatable bonds is 4. The van der Waals surface area contributed by atoms with Crippen molar-refractivity contribution in [2.75, 3.05) is 26.2 Å². The van der Waals surface area contributed by atoms with Gasteiger partial charge in [0, 0.05) is 50.8 Å². The third-order valence-electron chi connectivity index (χ3n) is 5.88.